The number of para-hydroxylation sites is 3. The highest BCUT2D eigenvalue weighted by atomic mass is 16.5. The number of anilines is 2. The zero-order valence-electron chi connectivity index (χ0n) is 17.4. The fourth-order valence-corrected chi connectivity index (χ4v) is 4.30. The van der Waals surface area contributed by atoms with Gasteiger partial charge in [0.25, 0.3) is 5.91 Å². The summed E-state index contributed by atoms with van der Waals surface area (Å²) in [4.78, 5) is 27.4. The van der Waals surface area contributed by atoms with Gasteiger partial charge in [-0.1, -0.05) is 49.6 Å². The number of carbonyl (C=O) groups excluding carboxylic acids is 2. The molecule has 2 amide bonds. The van der Waals surface area contributed by atoms with Gasteiger partial charge in [-0.2, -0.15) is 0 Å². The molecule has 0 aromatic heterocycles. The van der Waals surface area contributed by atoms with Gasteiger partial charge in [0.2, 0.25) is 5.91 Å². The molecule has 1 aliphatic heterocycles. The zero-order valence-corrected chi connectivity index (χ0v) is 17.4. The third kappa shape index (κ3) is 4.82. The van der Waals surface area contributed by atoms with Gasteiger partial charge in [0.05, 0.1) is 12.1 Å². The maximum Gasteiger partial charge on any atom is 0.266 e. The molecule has 0 saturated heterocycles. The van der Waals surface area contributed by atoms with Gasteiger partial charge in [0, 0.05) is 18.3 Å². The van der Waals surface area contributed by atoms with Gasteiger partial charge >= 0.3 is 0 Å². The molecular weight excluding hydrogens is 378 g/mol. The maximum atomic E-state index is 12.7. The average Bonchev–Trinajstić information content (AvgIpc) is 2.76. The first-order chi connectivity index (χ1) is 14.6. The van der Waals surface area contributed by atoms with Gasteiger partial charge in [-0.3, -0.25) is 14.5 Å². The normalized spacial score (nSPS) is 19.0. The highest BCUT2D eigenvalue weighted by Crippen LogP contribution is 2.30. The molecule has 6 heteroatoms. The lowest BCUT2D eigenvalue weighted by Crippen LogP contribution is -2.39. The molecule has 1 fully saturated rings. The van der Waals surface area contributed by atoms with Crippen molar-refractivity contribution in [2.45, 2.75) is 57.2 Å². The van der Waals surface area contributed by atoms with Crippen LogP contribution in [-0.2, 0) is 16.1 Å². The zero-order chi connectivity index (χ0) is 20.9. The Bertz CT molecular complexity index is 908. The molecule has 2 N–H and O–H groups in total. The van der Waals surface area contributed by atoms with Crippen molar-refractivity contribution < 1.29 is 14.3 Å². The Hall–Kier alpha value is -2.86. The number of amides is 2. The Morgan fingerprint density at radius 1 is 1.10 bits per heavy atom. The van der Waals surface area contributed by atoms with E-state index in [2.05, 4.69) is 28.6 Å². The summed E-state index contributed by atoms with van der Waals surface area (Å²) in [5.41, 5.74) is 2.51. The quantitative estimate of drug-likeness (QED) is 0.754. The molecule has 1 aliphatic carbocycles. The van der Waals surface area contributed by atoms with Crippen LogP contribution in [0.3, 0.4) is 0 Å². The summed E-state index contributed by atoms with van der Waals surface area (Å²) in [5, 5.41) is 5.79. The summed E-state index contributed by atoms with van der Waals surface area (Å²) >= 11 is 0. The number of nitrogens with zero attached hydrogens (tertiary/aromatic N) is 1. The van der Waals surface area contributed by atoms with Crippen molar-refractivity contribution in [2.75, 3.05) is 17.7 Å². The first kappa shape index (κ1) is 20.4. The van der Waals surface area contributed by atoms with Crippen LogP contribution in [0.15, 0.2) is 48.5 Å². The number of rotatable bonds is 6. The minimum Gasteiger partial charge on any atom is -0.478 e. The van der Waals surface area contributed by atoms with Gasteiger partial charge in [-0.05, 0) is 43.7 Å². The van der Waals surface area contributed by atoms with Gasteiger partial charge in [0.1, 0.15) is 5.75 Å². The fraction of sp³-hybridized carbons (Fsp3) is 0.417. The highest BCUT2D eigenvalue weighted by molar-refractivity contribution is 6.02. The molecule has 2 aliphatic rings. The third-order valence-corrected chi connectivity index (χ3v) is 5.99. The van der Waals surface area contributed by atoms with E-state index >= 15 is 0 Å². The van der Waals surface area contributed by atoms with Crippen molar-refractivity contribution in [1.29, 1.82) is 0 Å². The number of hydrogen-bond acceptors (Lipinski definition) is 4. The maximum absolute atomic E-state index is 12.7. The second-order valence-corrected chi connectivity index (χ2v) is 8.21. The van der Waals surface area contributed by atoms with Gasteiger partial charge < -0.3 is 15.4 Å². The summed E-state index contributed by atoms with van der Waals surface area (Å²) in [5.74, 6) is 0.0564. The van der Waals surface area contributed by atoms with Crippen LogP contribution in [0, 0.1) is 0 Å². The molecule has 0 spiro atoms. The lowest BCUT2D eigenvalue weighted by atomic mass is 9.94. The standard InChI is InChI=1S/C24H29N3O3/c1-27(18-10-3-2-4-11-18)16-17-9-5-6-12-19(17)25-23(28)15-22-24(29)26-20-13-7-8-14-21(20)30-22/h5-9,12-14,18,22H,2-4,10-11,15-16H2,1H3,(H,25,28)(H,26,29)/t22-/m0/s1. The largest absolute Gasteiger partial charge is 0.478 e. The van der Waals surface area contributed by atoms with Crippen LogP contribution in [0.1, 0.15) is 44.1 Å². The number of carbonyl (C=O) groups is 2. The van der Waals surface area contributed by atoms with Crippen LogP contribution in [0.4, 0.5) is 11.4 Å². The smallest absolute Gasteiger partial charge is 0.266 e. The van der Waals surface area contributed by atoms with Crippen molar-refractivity contribution >= 4 is 23.2 Å². The van der Waals surface area contributed by atoms with Crippen LogP contribution >= 0.6 is 0 Å². The molecule has 4 rings (SSSR count). The summed E-state index contributed by atoms with van der Waals surface area (Å²) in [6.07, 6.45) is 5.52. The van der Waals surface area contributed by atoms with Crippen LogP contribution in [0.5, 0.6) is 5.75 Å². The second-order valence-electron chi connectivity index (χ2n) is 8.21. The average molecular weight is 408 g/mol. The van der Waals surface area contributed by atoms with Crippen molar-refractivity contribution in [3.63, 3.8) is 0 Å². The first-order valence-corrected chi connectivity index (χ1v) is 10.7. The molecule has 30 heavy (non-hydrogen) atoms. The van der Waals surface area contributed by atoms with Crippen molar-refractivity contribution in [3.05, 3.63) is 54.1 Å². The number of hydrogen-bond donors (Lipinski definition) is 2. The van der Waals surface area contributed by atoms with Crippen LogP contribution in [0.25, 0.3) is 0 Å². The van der Waals surface area contributed by atoms with Crippen LogP contribution in [0.2, 0.25) is 0 Å². The summed E-state index contributed by atoms with van der Waals surface area (Å²) in [7, 11) is 2.16. The summed E-state index contributed by atoms with van der Waals surface area (Å²) in [6.45, 7) is 0.787. The Balaban J connectivity index is 1.38. The van der Waals surface area contributed by atoms with Gasteiger partial charge in [0.15, 0.2) is 6.10 Å². The van der Waals surface area contributed by atoms with Crippen molar-refractivity contribution in [1.82, 2.24) is 4.90 Å². The van der Waals surface area contributed by atoms with Crippen molar-refractivity contribution in [3.8, 4) is 5.75 Å². The Morgan fingerprint density at radius 3 is 2.67 bits per heavy atom. The molecular formula is C24H29N3O3. The monoisotopic (exact) mass is 407 g/mol. The number of ether oxygens (including phenoxy) is 1. The number of fused-ring (bicyclic) bond motifs is 1. The molecule has 6 nitrogen and oxygen atoms in total. The van der Waals surface area contributed by atoms with Crippen molar-refractivity contribution in [2.24, 2.45) is 0 Å². The Labute approximate surface area is 177 Å². The Morgan fingerprint density at radius 2 is 1.83 bits per heavy atom. The lowest BCUT2D eigenvalue weighted by Gasteiger charge is -2.31. The second kappa shape index (κ2) is 9.30. The van der Waals surface area contributed by atoms with E-state index in [0.717, 1.165) is 17.8 Å². The summed E-state index contributed by atoms with van der Waals surface area (Å²) in [6, 6.07) is 15.7. The topological polar surface area (TPSA) is 70.7 Å². The Kier molecular flexibility index (Phi) is 6.33. The predicted octanol–water partition coefficient (Wildman–Crippen LogP) is 4.18. The minimum atomic E-state index is -0.836. The molecule has 2 aromatic rings. The molecule has 1 heterocycles. The lowest BCUT2D eigenvalue weighted by molar-refractivity contribution is -0.128. The third-order valence-electron chi connectivity index (χ3n) is 5.99. The SMILES string of the molecule is CN(Cc1ccccc1NC(=O)C[C@@H]1Oc2ccccc2NC1=O)C1CCCCC1. The predicted molar refractivity (Wildman–Crippen MR) is 118 cm³/mol. The van der Waals surface area contributed by atoms with E-state index in [1.807, 2.05) is 30.3 Å². The van der Waals surface area contributed by atoms with E-state index in [-0.39, 0.29) is 18.2 Å². The molecule has 0 radical (unpaired) electrons. The number of benzene rings is 2. The van der Waals surface area contributed by atoms with Gasteiger partial charge in [-0.25, -0.2) is 0 Å². The van der Waals surface area contributed by atoms with E-state index < -0.39 is 6.10 Å². The van der Waals surface area contributed by atoms with Gasteiger partial charge in [-0.15, -0.1) is 0 Å². The van der Waals surface area contributed by atoms with E-state index in [0.29, 0.717) is 17.5 Å². The molecule has 1 atom stereocenters. The first-order valence-electron chi connectivity index (χ1n) is 10.7. The number of nitrogens with one attached hydrogen (secondary N) is 2. The molecule has 0 unspecified atom stereocenters. The highest BCUT2D eigenvalue weighted by Gasteiger charge is 2.29. The molecule has 2 aromatic carbocycles. The van der Waals surface area contributed by atoms with E-state index in [4.69, 9.17) is 4.74 Å². The van der Waals surface area contributed by atoms with E-state index in [9.17, 15) is 9.59 Å². The van der Waals surface area contributed by atoms with E-state index in [1.165, 1.54) is 32.1 Å². The van der Waals surface area contributed by atoms with Crippen LogP contribution < -0.4 is 15.4 Å². The molecule has 1 saturated carbocycles. The minimum absolute atomic E-state index is 0.0348. The fourth-order valence-electron chi connectivity index (χ4n) is 4.30. The van der Waals surface area contributed by atoms with E-state index in [1.54, 1.807) is 12.1 Å². The molecule has 0 bridgehead atoms. The van der Waals surface area contributed by atoms with Crippen LogP contribution in [-0.4, -0.2) is 35.9 Å². The molecule has 158 valence electrons. The summed E-state index contributed by atoms with van der Waals surface area (Å²) < 4.78 is 5.75.